The largest absolute Gasteiger partial charge is 0.496 e. The monoisotopic (exact) mass is 388 g/mol. The number of hydrogen-bond acceptors (Lipinski definition) is 7. The lowest BCUT2D eigenvalue weighted by Crippen LogP contribution is -2.31. The van der Waals surface area contributed by atoms with Crippen LogP contribution >= 0.6 is 0 Å². The van der Waals surface area contributed by atoms with Gasteiger partial charge in [0, 0.05) is 0 Å². The molecule has 1 N–H and O–H groups in total. The van der Waals surface area contributed by atoms with Crippen LogP contribution in [0.5, 0.6) is 11.5 Å². The number of nitrogens with zero attached hydrogens (tertiary/aromatic N) is 1. The molecule has 0 bridgehead atoms. The van der Waals surface area contributed by atoms with E-state index in [1.165, 1.54) is 25.3 Å². The molecule has 0 aliphatic carbocycles. The predicted molar refractivity (Wildman–Crippen MR) is 100 cm³/mol. The standard InChI is InChI=1S/C19H20N2O7/c1-3-17(28-13-7-5-4-6-8-13)19(23)27-12-18(22)20-15-10-9-14(26-2)11-16(15)21(24)25/h4-11,17H,3,12H2,1-2H3,(H,20,22)/t17-/m1/s1. The molecule has 1 amide bonds. The summed E-state index contributed by atoms with van der Waals surface area (Å²) >= 11 is 0. The van der Waals surface area contributed by atoms with E-state index in [9.17, 15) is 19.7 Å². The highest BCUT2D eigenvalue weighted by molar-refractivity contribution is 5.95. The molecule has 148 valence electrons. The summed E-state index contributed by atoms with van der Waals surface area (Å²) in [5, 5.41) is 13.5. The number of hydrogen-bond donors (Lipinski definition) is 1. The number of rotatable bonds is 9. The molecule has 0 saturated carbocycles. The van der Waals surface area contributed by atoms with Crippen molar-refractivity contribution in [2.24, 2.45) is 0 Å². The van der Waals surface area contributed by atoms with E-state index in [0.717, 1.165) is 0 Å². The van der Waals surface area contributed by atoms with E-state index in [-0.39, 0.29) is 17.1 Å². The molecule has 0 aromatic heterocycles. The Bertz CT molecular complexity index is 839. The number of para-hydroxylation sites is 1. The molecule has 0 aliphatic rings. The SMILES string of the molecule is CC[C@@H](Oc1ccccc1)C(=O)OCC(=O)Nc1ccc(OC)cc1[N+](=O)[O-]. The van der Waals surface area contributed by atoms with E-state index in [1.54, 1.807) is 31.2 Å². The van der Waals surface area contributed by atoms with Crippen molar-refractivity contribution in [1.29, 1.82) is 0 Å². The van der Waals surface area contributed by atoms with Crippen LogP contribution in [0.15, 0.2) is 48.5 Å². The van der Waals surface area contributed by atoms with Crippen LogP contribution in [-0.2, 0) is 14.3 Å². The number of anilines is 1. The second kappa shape index (κ2) is 9.91. The molecule has 0 unspecified atom stereocenters. The maximum absolute atomic E-state index is 12.1. The summed E-state index contributed by atoms with van der Waals surface area (Å²) < 4.78 is 15.4. The lowest BCUT2D eigenvalue weighted by molar-refractivity contribution is -0.384. The van der Waals surface area contributed by atoms with Crippen molar-refractivity contribution in [1.82, 2.24) is 0 Å². The number of nitro groups is 1. The summed E-state index contributed by atoms with van der Waals surface area (Å²) in [6.07, 6.45) is -0.523. The van der Waals surface area contributed by atoms with Gasteiger partial charge in [0.2, 0.25) is 0 Å². The molecule has 0 spiro atoms. The number of carbonyl (C=O) groups is 2. The average Bonchev–Trinajstić information content (AvgIpc) is 2.71. The van der Waals surface area contributed by atoms with Crippen LogP contribution in [0.25, 0.3) is 0 Å². The van der Waals surface area contributed by atoms with Gasteiger partial charge in [0.25, 0.3) is 11.6 Å². The number of amides is 1. The molecule has 2 rings (SSSR count). The van der Waals surface area contributed by atoms with Gasteiger partial charge < -0.3 is 19.5 Å². The summed E-state index contributed by atoms with van der Waals surface area (Å²) in [6.45, 7) is 1.15. The fourth-order valence-corrected chi connectivity index (χ4v) is 2.27. The van der Waals surface area contributed by atoms with Crippen LogP contribution in [0.4, 0.5) is 11.4 Å². The number of ether oxygens (including phenoxy) is 3. The Labute approximate surface area is 161 Å². The molecule has 9 nitrogen and oxygen atoms in total. The smallest absolute Gasteiger partial charge is 0.347 e. The van der Waals surface area contributed by atoms with Crippen LogP contribution in [0.2, 0.25) is 0 Å². The first kappa shape index (κ1) is 20.7. The average molecular weight is 388 g/mol. The van der Waals surface area contributed by atoms with Gasteiger partial charge in [-0.15, -0.1) is 0 Å². The second-order valence-electron chi connectivity index (χ2n) is 5.62. The van der Waals surface area contributed by atoms with Gasteiger partial charge >= 0.3 is 5.97 Å². The first-order chi connectivity index (χ1) is 13.4. The number of carbonyl (C=O) groups excluding carboxylic acids is 2. The van der Waals surface area contributed by atoms with Crippen molar-refractivity contribution < 1.29 is 28.7 Å². The lowest BCUT2D eigenvalue weighted by Gasteiger charge is -2.16. The third-order valence-corrected chi connectivity index (χ3v) is 3.68. The summed E-state index contributed by atoms with van der Waals surface area (Å²) in [6, 6.07) is 12.7. The van der Waals surface area contributed by atoms with Crippen molar-refractivity contribution in [3.05, 3.63) is 58.6 Å². The summed E-state index contributed by atoms with van der Waals surface area (Å²) in [7, 11) is 1.37. The third-order valence-electron chi connectivity index (χ3n) is 3.68. The number of esters is 1. The normalized spacial score (nSPS) is 11.2. The molecule has 28 heavy (non-hydrogen) atoms. The van der Waals surface area contributed by atoms with E-state index in [0.29, 0.717) is 12.2 Å². The van der Waals surface area contributed by atoms with E-state index >= 15 is 0 Å². The Hall–Kier alpha value is -3.62. The van der Waals surface area contributed by atoms with Gasteiger partial charge in [-0.1, -0.05) is 25.1 Å². The van der Waals surface area contributed by atoms with Gasteiger partial charge in [-0.05, 0) is 30.7 Å². The number of methoxy groups -OCH3 is 1. The Morgan fingerprint density at radius 1 is 1.14 bits per heavy atom. The van der Waals surface area contributed by atoms with Crippen molar-refractivity contribution >= 4 is 23.3 Å². The molecule has 0 aliphatic heterocycles. The zero-order valence-corrected chi connectivity index (χ0v) is 15.4. The molecule has 0 heterocycles. The molecule has 1 atom stereocenters. The van der Waals surface area contributed by atoms with Gasteiger partial charge in [-0.3, -0.25) is 14.9 Å². The minimum Gasteiger partial charge on any atom is -0.496 e. The number of nitro benzene ring substituents is 1. The highest BCUT2D eigenvalue weighted by Gasteiger charge is 2.22. The first-order valence-electron chi connectivity index (χ1n) is 8.45. The molecular weight excluding hydrogens is 368 g/mol. The van der Waals surface area contributed by atoms with Gasteiger partial charge in [0.15, 0.2) is 12.7 Å². The quantitative estimate of drug-likeness (QED) is 0.399. The third kappa shape index (κ3) is 5.70. The maximum atomic E-state index is 12.1. The van der Waals surface area contributed by atoms with Gasteiger partial charge in [-0.25, -0.2) is 4.79 Å². The van der Waals surface area contributed by atoms with Crippen LogP contribution in [0.3, 0.4) is 0 Å². The van der Waals surface area contributed by atoms with E-state index < -0.39 is 29.5 Å². The Morgan fingerprint density at radius 2 is 1.86 bits per heavy atom. The number of nitrogens with one attached hydrogen (secondary N) is 1. The van der Waals surface area contributed by atoms with Crippen LogP contribution in [-0.4, -0.2) is 36.6 Å². The first-order valence-corrected chi connectivity index (χ1v) is 8.45. The fourth-order valence-electron chi connectivity index (χ4n) is 2.27. The predicted octanol–water partition coefficient (Wildman–Crippen LogP) is 2.94. The highest BCUT2D eigenvalue weighted by atomic mass is 16.6. The van der Waals surface area contributed by atoms with Crippen LogP contribution in [0.1, 0.15) is 13.3 Å². The molecule has 2 aromatic carbocycles. The highest BCUT2D eigenvalue weighted by Crippen LogP contribution is 2.28. The molecule has 9 heteroatoms. The molecule has 0 fully saturated rings. The number of benzene rings is 2. The maximum Gasteiger partial charge on any atom is 0.347 e. The van der Waals surface area contributed by atoms with E-state index in [4.69, 9.17) is 14.2 Å². The molecule has 2 aromatic rings. The zero-order valence-electron chi connectivity index (χ0n) is 15.4. The van der Waals surface area contributed by atoms with Crippen molar-refractivity contribution in [2.45, 2.75) is 19.4 Å². The zero-order chi connectivity index (χ0) is 20.5. The van der Waals surface area contributed by atoms with Gasteiger partial charge in [0.1, 0.15) is 17.2 Å². The van der Waals surface area contributed by atoms with Gasteiger partial charge in [-0.2, -0.15) is 0 Å². The summed E-state index contributed by atoms with van der Waals surface area (Å²) in [5.74, 6) is -0.633. The van der Waals surface area contributed by atoms with E-state index in [1.807, 2.05) is 6.07 Å². The minimum absolute atomic E-state index is 0.0283. The van der Waals surface area contributed by atoms with Crippen molar-refractivity contribution in [3.8, 4) is 11.5 Å². The van der Waals surface area contributed by atoms with Gasteiger partial charge in [0.05, 0.1) is 18.1 Å². The fraction of sp³-hybridized carbons (Fsp3) is 0.263. The minimum atomic E-state index is -0.870. The van der Waals surface area contributed by atoms with Crippen molar-refractivity contribution in [2.75, 3.05) is 19.0 Å². The Balaban J connectivity index is 1.94. The summed E-state index contributed by atoms with van der Waals surface area (Å²) in [5.41, 5.74) is -0.364. The lowest BCUT2D eigenvalue weighted by atomic mass is 10.2. The van der Waals surface area contributed by atoms with Crippen LogP contribution in [0, 0.1) is 10.1 Å². The van der Waals surface area contributed by atoms with Crippen molar-refractivity contribution in [3.63, 3.8) is 0 Å². The molecular formula is C19H20N2O7. The topological polar surface area (TPSA) is 117 Å². The molecule has 0 saturated heterocycles. The Kier molecular flexibility index (Phi) is 7.32. The van der Waals surface area contributed by atoms with E-state index in [2.05, 4.69) is 5.32 Å². The Morgan fingerprint density at radius 3 is 2.46 bits per heavy atom. The molecule has 0 radical (unpaired) electrons. The summed E-state index contributed by atoms with van der Waals surface area (Å²) in [4.78, 5) is 34.7. The van der Waals surface area contributed by atoms with Crippen LogP contribution < -0.4 is 14.8 Å². The second-order valence-corrected chi connectivity index (χ2v) is 5.62.